The second kappa shape index (κ2) is 6.64. The van der Waals surface area contributed by atoms with E-state index in [2.05, 4.69) is 21.8 Å². The first-order chi connectivity index (χ1) is 10.3. The van der Waals surface area contributed by atoms with Crippen LogP contribution in [0.25, 0.3) is 0 Å². The molecule has 1 aromatic heterocycles. The van der Waals surface area contributed by atoms with Crippen molar-refractivity contribution in [3.8, 4) is 0 Å². The molecule has 118 valence electrons. The lowest BCUT2D eigenvalue weighted by Crippen LogP contribution is -2.24. The number of hydrogen-bond acceptors (Lipinski definition) is 3. The zero-order valence-corrected chi connectivity index (χ0v) is 13.9. The van der Waals surface area contributed by atoms with E-state index in [0.29, 0.717) is 6.42 Å². The summed E-state index contributed by atoms with van der Waals surface area (Å²) in [5.41, 5.74) is 4.22. The third kappa shape index (κ3) is 4.10. The van der Waals surface area contributed by atoms with Crippen LogP contribution in [0.15, 0.2) is 24.3 Å². The van der Waals surface area contributed by atoms with Crippen LogP contribution in [0.5, 0.6) is 0 Å². The summed E-state index contributed by atoms with van der Waals surface area (Å²) >= 11 is 0. The molecule has 0 bridgehead atoms. The number of aryl methyl sites for hydroxylation is 4. The van der Waals surface area contributed by atoms with Gasteiger partial charge < -0.3 is 10.6 Å². The smallest absolute Gasteiger partial charge is 0.226 e. The number of nitrogens with one attached hydrogen (secondary N) is 2. The predicted molar refractivity (Wildman–Crippen MR) is 90.2 cm³/mol. The predicted octanol–water partition coefficient (Wildman–Crippen LogP) is 3.17. The molecule has 5 nitrogen and oxygen atoms in total. The third-order valence-electron chi connectivity index (χ3n) is 3.66. The van der Waals surface area contributed by atoms with Gasteiger partial charge in [0.05, 0.1) is 0 Å². The lowest BCUT2D eigenvalue weighted by molar-refractivity contribution is -0.116. The van der Waals surface area contributed by atoms with Crippen molar-refractivity contribution in [2.75, 3.05) is 10.6 Å². The van der Waals surface area contributed by atoms with Gasteiger partial charge in [-0.1, -0.05) is 17.7 Å². The maximum Gasteiger partial charge on any atom is 0.226 e. The van der Waals surface area contributed by atoms with Crippen LogP contribution in [-0.2, 0) is 11.8 Å². The third-order valence-corrected chi connectivity index (χ3v) is 3.66. The minimum atomic E-state index is -0.000365. The number of amides is 1. The topological polar surface area (TPSA) is 59.0 Å². The van der Waals surface area contributed by atoms with Gasteiger partial charge in [0.25, 0.3) is 0 Å². The van der Waals surface area contributed by atoms with Gasteiger partial charge >= 0.3 is 0 Å². The first-order valence-corrected chi connectivity index (χ1v) is 7.49. The van der Waals surface area contributed by atoms with Gasteiger partial charge in [0.15, 0.2) is 0 Å². The van der Waals surface area contributed by atoms with Crippen molar-refractivity contribution in [1.82, 2.24) is 9.78 Å². The van der Waals surface area contributed by atoms with Gasteiger partial charge in [0, 0.05) is 37.0 Å². The summed E-state index contributed by atoms with van der Waals surface area (Å²) in [4.78, 5) is 12.1. The molecule has 0 aliphatic carbocycles. The first-order valence-electron chi connectivity index (χ1n) is 7.49. The van der Waals surface area contributed by atoms with Crippen LogP contribution < -0.4 is 10.6 Å². The zero-order valence-electron chi connectivity index (χ0n) is 13.9. The number of rotatable bonds is 5. The van der Waals surface area contributed by atoms with Crippen LogP contribution in [0, 0.1) is 20.8 Å². The molecule has 5 heteroatoms. The average Bonchev–Trinajstić information content (AvgIpc) is 2.71. The van der Waals surface area contributed by atoms with Crippen molar-refractivity contribution in [3.63, 3.8) is 0 Å². The van der Waals surface area contributed by atoms with E-state index in [1.165, 1.54) is 5.56 Å². The van der Waals surface area contributed by atoms with Crippen molar-refractivity contribution in [2.45, 2.75) is 40.2 Å². The number of anilines is 2. The second-order valence-corrected chi connectivity index (χ2v) is 5.91. The van der Waals surface area contributed by atoms with E-state index in [4.69, 9.17) is 0 Å². The number of carbonyl (C=O) groups is 1. The molecule has 0 saturated heterocycles. The fourth-order valence-corrected chi connectivity index (χ4v) is 2.37. The van der Waals surface area contributed by atoms with Gasteiger partial charge in [-0.15, -0.1) is 0 Å². The fourth-order valence-electron chi connectivity index (χ4n) is 2.37. The Balaban J connectivity index is 1.91. The van der Waals surface area contributed by atoms with Gasteiger partial charge in [0.1, 0.15) is 5.82 Å². The van der Waals surface area contributed by atoms with Gasteiger partial charge in [-0.25, -0.2) is 0 Å². The highest BCUT2D eigenvalue weighted by Crippen LogP contribution is 2.17. The lowest BCUT2D eigenvalue weighted by atomic mass is 10.1. The molecule has 0 radical (unpaired) electrons. The summed E-state index contributed by atoms with van der Waals surface area (Å²) in [5.74, 6) is 0.798. The van der Waals surface area contributed by atoms with Gasteiger partial charge in [-0.3, -0.25) is 9.48 Å². The zero-order chi connectivity index (χ0) is 16.3. The van der Waals surface area contributed by atoms with E-state index >= 15 is 0 Å². The monoisotopic (exact) mass is 300 g/mol. The molecular weight excluding hydrogens is 276 g/mol. The van der Waals surface area contributed by atoms with E-state index in [9.17, 15) is 4.79 Å². The minimum absolute atomic E-state index is 0.000365. The van der Waals surface area contributed by atoms with Gasteiger partial charge in [-0.2, -0.15) is 5.10 Å². The summed E-state index contributed by atoms with van der Waals surface area (Å²) < 4.78 is 1.81. The molecule has 0 fully saturated rings. The minimum Gasteiger partial charge on any atom is -0.366 e. The number of carbonyl (C=O) groups excluding carboxylic acids is 1. The van der Waals surface area contributed by atoms with Crippen molar-refractivity contribution in [3.05, 3.63) is 41.1 Å². The summed E-state index contributed by atoms with van der Waals surface area (Å²) in [6.45, 7) is 8.02. The molecule has 1 heterocycles. The van der Waals surface area contributed by atoms with Crippen molar-refractivity contribution in [2.24, 2.45) is 7.05 Å². The number of hydrogen-bond donors (Lipinski definition) is 2. The van der Waals surface area contributed by atoms with Crippen molar-refractivity contribution in [1.29, 1.82) is 0 Å². The summed E-state index contributed by atoms with van der Waals surface area (Å²) in [7, 11) is 1.90. The molecule has 2 rings (SSSR count). The highest BCUT2D eigenvalue weighted by atomic mass is 16.1. The highest BCUT2D eigenvalue weighted by molar-refractivity contribution is 5.92. The quantitative estimate of drug-likeness (QED) is 0.891. The molecule has 2 N–H and O–H groups in total. The van der Waals surface area contributed by atoms with Crippen LogP contribution in [0.1, 0.15) is 30.2 Å². The Kier molecular flexibility index (Phi) is 4.85. The van der Waals surface area contributed by atoms with Crippen molar-refractivity contribution < 1.29 is 4.79 Å². The molecule has 1 atom stereocenters. The van der Waals surface area contributed by atoms with Crippen LogP contribution >= 0.6 is 0 Å². The Morgan fingerprint density at radius 2 is 2.00 bits per heavy atom. The molecule has 22 heavy (non-hydrogen) atoms. The van der Waals surface area contributed by atoms with E-state index in [1.54, 1.807) is 0 Å². The summed E-state index contributed by atoms with van der Waals surface area (Å²) in [6.07, 6.45) is 0.392. The van der Waals surface area contributed by atoms with Crippen LogP contribution in [-0.4, -0.2) is 21.7 Å². The Morgan fingerprint density at radius 1 is 1.27 bits per heavy atom. The van der Waals surface area contributed by atoms with Crippen LogP contribution in [0.4, 0.5) is 11.5 Å². The first kappa shape index (κ1) is 16.1. The molecule has 1 aromatic carbocycles. The largest absolute Gasteiger partial charge is 0.366 e. The molecule has 0 aliphatic heterocycles. The number of aromatic nitrogens is 2. The van der Waals surface area contributed by atoms with E-state index in [-0.39, 0.29) is 11.9 Å². The molecule has 2 aromatic rings. The maximum absolute atomic E-state index is 12.1. The SMILES string of the molecule is Cc1ccc(NC(=O)C[C@H](C)Nc2cc(C)n(C)n2)c(C)c1. The summed E-state index contributed by atoms with van der Waals surface area (Å²) in [6, 6.07) is 8.00. The lowest BCUT2D eigenvalue weighted by Gasteiger charge is -2.14. The number of nitrogens with zero attached hydrogens (tertiary/aromatic N) is 2. The van der Waals surface area contributed by atoms with Crippen LogP contribution in [0.2, 0.25) is 0 Å². The maximum atomic E-state index is 12.1. The van der Waals surface area contributed by atoms with Crippen LogP contribution in [0.3, 0.4) is 0 Å². The van der Waals surface area contributed by atoms with E-state index in [0.717, 1.165) is 22.8 Å². The Bertz CT molecular complexity index is 656. The Hall–Kier alpha value is -2.30. The fraction of sp³-hybridized carbons (Fsp3) is 0.412. The van der Waals surface area contributed by atoms with Gasteiger partial charge in [-0.05, 0) is 39.3 Å². The van der Waals surface area contributed by atoms with Gasteiger partial charge in [0.2, 0.25) is 5.91 Å². The standard InChI is InChI=1S/C17H24N4O/c1-11-6-7-15(12(2)8-11)19-17(22)9-13(3)18-16-10-14(4)21(5)20-16/h6-8,10,13H,9H2,1-5H3,(H,18,20)(H,19,22)/t13-/m0/s1. The molecule has 1 amide bonds. The summed E-state index contributed by atoms with van der Waals surface area (Å²) in [5, 5.41) is 10.6. The highest BCUT2D eigenvalue weighted by Gasteiger charge is 2.12. The molecule has 0 aliphatic rings. The van der Waals surface area contributed by atoms with Crippen molar-refractivity contribution >= 4 is 17.4 Å². The number of benzene rings is 1. The molecule has 0 spiro atoms. The van der Waals surface area contributed by atoms with E-state index in [1.807, 2.05) is 57.6 Å². The Labute approximate surface area is 131 Å². The van der Waals surface area contributed by atoms with E-state index < -0.39 is 0 Å². The molecular formula is C17H24N4O. The normalized spacial score (nSPS) is 12.0. The second-order valence-electron chi connectivity index (χ2n) is 5.91. The Morgan fingerprint density at radius 3 is 2.59 bits per heavy atom. The molecule has 0 unspecified atom stereocenters. The molecule has 0 saturated carbocycles. The average molecular weight is 300 g/mol.